The van der Waals surface area contributed by atoms with Crippen LogP contribution in [0.2, 0.25) is 0 Å². The molecule has 0 radical (unpaired) electrons. The van der Waals surface area contributed by atoms with Crippen LogP contribution in [0.5, 0.6) is 0 Å². The number of likely N-dealkylation sites (tertiary alicyclic amines) is 1. The fourth-order valence-electron chi connectivity index (χ4n) is 2.15. The summed E-state index contributed by atoms with van der Waals surface area (Å²) in [5.74, 6) is 0.368. The lowest BCUT2D eigenvalue weighted by molar-refractivity contribution is 0.0546. The summed E-state index contributed by atoms with van der Waals surface area (Å²) in [6.07, 6.45) is 2.79. The molecule has 0 bridgehead atoms. The highest BCUT2D eigenvalue weighted by Crippen LogP contribution is 2.16. The number of hydrogen-bond donors (Lipinski definition) is 1. The smallest absolute Gasteiger partial charge is 0.253 e. The molecule has 1 aliphatic heterocycles. The van der Waals surface area contributed by atoms with Crippen LogP contribution in [0.1, 0.15) is 48.7 Å². The minimum atomic E-state index is -0.252. The maximum absolute atomic E-state index is 12.3. The molecule has 1 fully saturated rings. The Balaban J connectivity index is 2.11. The van der Waals surface area contributed by atoms with E-state index in [1.54, 1.807) is 12.3 Å². The number of piperidine rings is 1. The van der Waals surface area contributed by atoms with E-state index < -0.39 is 0 Å². The maximum Gasteiger partial charge on any atom is 0.253 e. The lowest BCUT2D eigenvalue weighted by Gasteiger charge is -2.29. The molecule has 1 aromatic rings. The number of amides is 1. The van der Waals surface area contributed by atoms with Crippen molar-refractivity contribution in [1.29, 1.82) is 0 Å². The number of rotatable bonds is 2. The summed E-state index contributed by atoms with van der Waals surface area (Å²) in [7, 11) is 0. The fourth-order valence-corrected chi connectivity index (χ4v) is 2.15. The van der Waals surface area contributed by atoms with Crippen LogP contribution < -0.4 is 0 Å². The largest absolute Gasteiger partial charge is 0.393 e. The Bertz CT molecular complexity index is 424. The van der Waals surface area contributed by atoms with Gasteiger partial charge in [0, 0.05) is 30.5 Å². The van der Waals surface area contributed by atoms with Gasteiger partial charge in [0.1, 0.15) is 0 Å². The normalized spacial score (nSPS) is 17.2. The third-order valence-electron chi connectivity index (χ3n) is 3.37. The summed E-state index contributed by atoms with van der Waals surface area (Å²) in [5, 5.41) is 9.45. The van der Waals surface area contributed by atoms with E-state index in [-0.39, 0.29) is 12.0 Å². The van der Waals surface area contributed by atoms with Gasteiger partial charge in [-0.15, -0.1) is 0 Å². The average Bonchev–Trinajstić information content (AvgIpc) is 2.39. The van der Waals surface area contributed by atoms with Gasteiger partial charge in [-0.25, -0.2) is 0 Å². The number of aromatic nitrogens is 1. The van der Waals surface area contributed by atoms with Crippen LogP contribution in [0.25, 0.3) is 0 Å². The Morgan fingerprint density at radius 1 is 1.44 bits per heavy atom. The highest BCUT2D eigenvalue weighted by atomic mass is 16.3. The maximum atomic E-state index is 12.3. The Labute approximate surface area is 108 Å². The number of aliphatic hydroxyl groups excluding tert-OH is 1. The van der Waals surface area contributed by atoms with Crippen LogP contribution in [0.15, 0.2) is 18.3 Å². The second-order valence-corrected chi connectivity index (χ2v) is 5.15. The zero-order valence-corrected chi connectivity index (χ0v) is 11.0. The van der Waals surface area contributed by atoms with Gasteiger partial charge in [0.15, 0.2) is 0 Å². The van der Waals surface area contributed by atoms with E-state index >= 15 is 0 Å². The van der Waals surface area contributed by atoms with E-state index in [1.807, 2.05) is 11.0 Å². The van der Waals surface area contributed by atoms with E-state index in [2.05, 4.69) is 18.8 Å². The lowest BCUT2D eigenvalue weighted by atomic mass is 10.0. The summed E-state index contributed by atoms with van der Waals surface area (Å²) in [6, 6.07) is 3.64. The lowest BCUT2D eigenvalue weighted by Crippen LogP contribution is -2.40. The van der Waals surface area contributed by atoms with Crippen LogP contribution in [0.3, 0.4) is 0 Å². The third-order valence-corrected chi connectivity index (χ3v) is 3.37. The predicted octanol–water partition coefficient (Wildman–Crippen LogP) is 1.80. The predicted molar refractivity (Wildman–Crippen MR) is 69.5 cm³/mol. The molecule has 1 amide bonds. The van der Waals surface area contributed by atoms with Gasteiger partial charge in [0.05, 0.1) is 6.10 Å². The second kappa shape index (κ2) is 5.48. The Hall–Kier alpha value is -1.42. The van der Waals surface area contributed by atoms with E-state index in [0.29, 0.717) is 37.4 Å². The van der Waals surface area contributed by atoms with Crippen molar-refractivity contribution in [2.24, 2.45) is 0 Å². The number of nitrogens with zero attached hydrogens (tertiary/aromatic N) is 2. The first kappa shape index (κ1) is 13.0. The number of aliphatic hydroxyl groups is 1. The summed E-state index contributed by atoms with van der Waals surface area (Å²) in [6.45, 7) is 5.40. The molecule has 4 nitrogen and oxygen atoms in total. The Morgan fingerprint density at radius 3 is 2.72 bits per heavy atom. The molecule has 0 spiro atoms. The Morgan fingerprint density at radius 2 is 2.11 bits per heavy atom. The molecule has 4 heteroatoms. The molecule has 18 heavy (non-hydrogen) atoms. The van der Waals surface area contributed by atoms with Gasteiger partial charge in [-0.1, -0.05) is 13.8 Å². The number of pyridine rings is 1. The molecule has 1 saturated heterocycles. The van der Waals surface area contributed by atoms with Gasteiger partial charge < -0.3 is 10.0 Å². The first-order valence-electron chi connectivity index (χ1n) is 6.51. The summed E-state index contributed by atoms with van der Waals surface area (Å²) in [4.78, 5) is 18.4. The van der Waals surface area contributed by atoms with Gasteiger partial charge in [0.25, 0.3) is 5.91 Å². The van der Waals surface area contributed by atoms with Crippen molar-refractivity contribution in [2.45, 2.75) is 38.7 Å². The molecule has 0 saturated carbocycles. The number of carbonyl (C=O) groups excluding carboxylic acids is 1. The quantitative estimate of drug-likeness (QED) is 0.868. The van der Waals surface area contributed by atoms with Crippen LogP contribution in [0.4, 0.5) is 0 Å². The molecule has 2 heterocycles. The SMILES string of the molecule is CC(C)c1cc(C(=O)N2CCC(O)CC2)ccn1. The highest BCUT2D eigenvalue weighted by molar-refractivity contribution is 5.94. The molecule has 1 aromatic heterocycles. The van der Waals surface area contributed by atoms with E-state index in [1.165, 1.54) is 0 Å². The van der Waals surface area contributed by atoms with Gasteiger partial charge in [-0.2, -0.15) is 0 Å². The fraction of sp³-hybridized carbons (Fsp3) is 0.571. The first-order valence-corrected chi connectivity index (χ1v) is 6.51. The standard InChI is InChI=1S/C14H20N2O2/c1-10(2)13-9-11(3-6-15-13)14(18)16-7-4-12(17)5-8-16/h3,6,9-10,12,17H,4-5,7-8H2,1-2H3. The Kier molecular flexibility index (Phi) is 3.97. The van der Waals surface area contributed by atoms with E-state index in [0.717, 1.165) is 5.69 Å². The van der Waals surface area contributed by atoms with Crippen molar-refractivity contribution in [1.82, 2.24) is 9.88 Å². The zero-order chi connectivity index (χ0) is 13.1. The molecule has 2 rings (SSSR count). The minimum absolute atomic E-state index is 0.0474. The molecule has 0 aliphatic carbocycles. The van der Waals surface area contributed by atoms with Gasteiger partial charge in [0.2, 0.25) is 0 Å². The summed E-state index contributed by atoms with van der Waals surface area (Å²) in [5.41, 5.74) is 1.64. The van der Waals surface area contributed by atoms with Crippen LogP contribution in [-0.4, -0.2) is 40.1 Å². The topological polar surface area (TPSA) is 53.4 Å². The van der Waals surface area contributed by atoms with Crippen molar-refractivity contribution >= 4 is 5.91 Å². The van der Waals surface area contributed by atoms with Crippen molar-refractivity contribution < 1.29 is 9.90 Å². The molecule has 98 valence electrons. The van der Waals surface area contributed by atoms with Crippen molar-refractivity contribution in [2.75, 3.05) is 13.1 Å². The van der Waals surface area contributed by atoms with E-state index in [4.69, 9.17) is 0 Å². The molecule has 0 aromatic carbocycles. The molecule has 1 N–H and O–H groups in total. The van der Waals surface area contributed by atoms with Crippen molar-refractivity contribution in [3.63, 3.8) is 0 Å². The first-order chi connectivity index (χ1) is 8.58. The van der Waals surface area contributed by atoms with Crippen LogP contribution in [0, 0.1) is 0 Å². The zero-order valence-electron chi connectivity index (χ0n) is 11.0. The minimum Gasteiger partial charge on any atom is -0.393 e. The van der Waals surface area contributed by atoms with Crippen LogP contribution >= 0.6 is 0 Å². The third kappa shape index (κ3) is 2.88. The summed E-state index contributed by atoms with van der Waals surface area (Å²) >= 11 is 0. The number of carbonyl (C=O) groups is 1. The van der Waals surface area contributed by atoms with Gasteiger partial charge in [-0.05, 0) is 30.9 Å². The molecule has 0 atom stereocenters. The van der Waals surface area contributed by atoms with Crippen molar-refractivity contribution in [3.8, 4) is 0 Å². The second-order valence-electron chi connectivity index (χ2n) is 5.15. The number of hydrogen-bond acceptors (Lipinski definition) is 3. The van der Waals surface area contributed by atoms with Crippen LogP contribution in [-0.2, 0) is 0 Å². The molecular weight excluding hydrogens is 228 g/mol. The molecule has 1 aliphatic rings. The highest BCUT2D eigenvalue weighted by Gasteiger charge is 2.22. The average molecular weight is 248 g/mol. The monoisotopic (exact) mass is 248 g/mol. The van der Waals surface area contributed by atoms with Gasteiger partial charge >= 0.3 is 0 Å². The van der Waals surface area contributed by atoms with E-state index in [9.17, 15) is 9.90 Å². The van der Waals surface area contributed by atoms with Crippen molar-refractivity contribution in [3.05, 3.63) is 29.6 Å². The summed E-state index contributed by atoms with van der Waals surface area (Å²) < 4.78 is 0. The molecule has 0 unspecified atom stereocenters. The molecular formula is C14H20N2O2. The van der Waals surface area contributed by atoms with Gasteiger partial charge in [-0.3, -0.25) is 9.78 Å².